The Kier molecular flexibility index (Phi) is 4.73. The summed E-state index contributed by atoms with van der Waals surface area (Å²) in [7, 11) is 0. The quantitative estimate of drug-likeness (QED) is 0.735. The Morgan fingerprint density at radius 1 is 1.33 bits per heavy atom. The summed E-state index contributed by atoms with van der Waals surface area (Å²) in [6.45, 7) is 10.6. The summed E-state index contributed by atoms with van der Waals surface area (Å²) < 4.78 is 14.1. The van der Waals surface area contributed by atoms with E-state index < -0.39 is 0 Å². The highest BCUT2D eigenvalue weighted by molar-refractivity contribution is 9.10. The van der Waals surface area contributed by atoms with E-state index in [1.807, 2.05) is 13.0 Å². The largest absolute Gasteiger partial charge is 0.378 e. The summed E-state index contributed by atoms with van der Waals surface area (Å²) in [6.07, 6.45) is 0. The van der Waals surface area contributed by atoms with Gasteiger partial charge in [0.05, 0.1) is 21.2 Å². The molecule has 2 rings (SSSR count). The van der Waals surface area contributed by atoms with Crippen LogP contribution in [0.1, 0.15) is 49.3 Å². The highest BCUT2D eigenvalue weighted by Crippen LogP contribution is 2.34. The van der Waals surface area contributed by atoms with Crippen LogP contribution >= 0.6 is 27.3 Å². The maximum atomic E-state index is 13.6. The second-order valence-electron chi connectivity index (χ2n) is 6.21. The van der Waals surface area contributed by atoms with Crippen LogP contribution in [-0.4, -0.2) is 4.98 Å². The monoisotopic (exact) mass is 370 g/mol. The smallest absolute Gasteiger partial charge is 0.139 e. The lowest BCUT2D eigenvalue weighted by molar-refractivity contribution is 0.584. The Bertz CT molecular complexity index is 646. The number of nitrogens with zero attached hydrogens (tertiary/aromatic N) is 1. The molecule has 0 amide bonds. The molecule has 0 aliphatic carbocycles. The van der Waals surface area contributed by atoms with E-state index in [0.717, 1.165) is 16.4 Å². The molecular weight excluding hydrogens is 351 g/mol. The first-order valence-corrected chi connectivity index (χ1v) is 8.49. The number of thiazole rings is 1. The number of anilines is 1. The summed E-state index contributed by atoms with van der Waals surface area (Å²) >= 11 is 4.89. The fourth-order valence-electron chi connectivity index (χ4n) is 2.03. The topological polar surface area (TPSA) is 24.9 Å². The summed E-state index contributed by atoms with van der Waals surface area (Å²) in [5, 5.41) is 4.47. The van der Waals surface area contributed by atoms with Crippen molar-refractivity contribution in [2.75, 3.05) is 5.32 Å². The molecule has 0 saturated heterocycles. The van der Waals surface area contributed by atoms with Crippen LogP contribution in [0.15, 0.2) is 22.7 Å². The van der Waals surface area contributed by atoms with Crippen LogP contribution in [0, 0.1) is 12.7 Å². The zero-order valence-electron chi connectivity index (χ0n) is 12.9. The predicted octanol–water partition coefficient (Wildman–Crippen LogP) is 5.82. The number of halogens is 2. The molecule has 1 atom stereocenters. The maximum absolute atomic E-state index is 13.6. The first kappa shape index (κ1) is 16.4. The van der Waals surface area contributed by atoms with Crippen molar-refractivity contribution in [3.8, 4) is 0 Å². The highest BCUT2D eigenvalue weighted by Gasteiger charge is 2.22. The minimum absolute atomic E-state index is 0.0527. The zero-order chi connectivity index (χ0) is 15.8. The van der Waals surface area contributed by atoms with Gasteiger partial charge < -0.3 is 5.32 Å². The van der Waals surface area contributed by atoms with E-state index in [1.165, 1.54) is 10.9 Å². The Hall–Kier alpha value is -0.940. The Morgan fingerprint density at radius 3 is 2.52 bits per heavy atom. The molecule has 2 aromatic rings. The van der Waals surface area contributed by atoms with Crippen LogP contribution in [-0.2, 0) is 5.41 Å². The van der Waals surface area contributed by atoms with Crippen molar-refractivity contribution in [1.82, 2.24) is 4.98 Å². The van der Waals surface area contributed by atoms with Crippen LogP contribution < -0.4 is 5.32 Å². The second kappa shape index (κ2) is 6.05. The number of hydrogen-bond acceptors (Lipinski definition) is 3. The zero-order valence-corrected chi connectivity index (χ0v) is 15.3. The molecular formula is C16H20BrFN2S. The van der Waals surface area contributed by atoms with E-state index in [4.69, 9.17) is 0 Å². The van der Waals surface area contributed by atoms with Crippen LogP contribution in [0.5, 0.6) is 0 Å². The molecule has 1 unspecified atom stereocenters. The molecule has 1 heterocycles. The lowest BCUT2D eigenvalue weighted by atomic mass is 9.98. The summed E-state index contributed by atoms with van der Waals surface area (Å²) in [5.41, 5.74) is 1.87. The third-order valence-electron chi connectivity index (χ3n) is 3.17. The standard InChI is InChI=1S/C16H20BrFN2S/c1-9(19-11-6-7-12(17)13(18)8-11)14-10(2)20-15(21-14)16(3,4)5/h6-9,19H,1-5H3. The fraction of sp³-hybridized carbons (Fsp3) is 0.438. The molecule has 114 valence electrons. The molecule has 0 aliphatic heterocycles. The van der Waals surface area contributed by atoms with Gasteiger partial charge in [0.1, 0.15) is 5.82 Å². The third-order valence-corrected chi connectivity index (χ3v) is 5.58. The minimum Gasteiger partial charge on any atom is -0.378 e. The summed E-state index contributed by atoms with van der Waals surface area (Å²) in [5.74, 6) is -0.261. The minimum atomic E-state index is -0.261. The molecule has 0 radical (unpaired) electrons. The van der Waals surface area contributed by atoms with Crippen molar-refractivity contribution >= 4 is 33.0 Å². The van der Waals surface area contributed by atoms with Crippen molar-refractivity contribution in [3.63, 3.8) is 0 Å². The van der Waals surface area contributed by atoms with Gasteiger partial charge in [0.15, 0.2) is 0 Å². The predicted molar refractivity (Wildman–Crippen MR) is 91.7 cm³/mol. The Balaban J connectivity index is 2.22. The van der Waals surface area contributed by atoms with Crippen LogP contribution in [0.3, 0.4) is 0 Å². The number of benzene rings is 1. The van der Waals surface area contributed by atoms with E-state index in [0.29, 0.717) is 4.47 Å². The van der Waals surface area contributed by atoms with Gasteiger partial charge >= 0.3 is 0 Å². The molecule has 1 N–H and O–H groups in total. The molecule has 0 bridgehead atoms. The van der Waals surface area contributed by atoms with Crippen molar-refractivity contribution in [1.29, 1.82) is 0 Å². The number of aromatic nitrogens is 1. The molecule has 0 saturated carbocycles. The Morgan fingerprint density at radius 2 is 2.00 bits per heavy atom. The SMILES string of the molecule is Cc1nc(C(C)(C)C)sc1C(C)Nc1ccc(Br)c(F)c1. The number of hydrogen-bond donors (Lipinski definition) is 1. The van der Waals surface area contributed by atoms with Gasteiger partial charge in [-0.25, -0.2) is 9.37 Å². The molecule has 0 spiro atoms. The lowest BCUT2D eigenvalue weighted by Gasteiger charge is -2.15. The van der Waals surface area contributed by atoms with Gasteiger partial charge in [-0.1, -0.05) is 20.8 Å². The van der Waals surface area contributed by atoms with Crippen molar-refractivity contribution < 1.29 is 4.39 Å². The molecule has 21 heavy (non-hydrogen) atoms. The maximum Gasteiger partial charge on any atom is 0.139 e. The van der Waals surface area contributed by atoms with Gasteiger partial charge in [-0.3, -0.25) is 0 Å². The fourth-order valence-corrected chi connectivity index (χ4v) is 3.40. The Labute approximate surface area is 137 Å². The lowest BCUT2D eigenvalue weighted by Crippen LogP contribution is -2.10. The van der Waals surface area contributed by atoms with Gasteiger partial charge in [0, 0.05) is 16.0 Å². The molecule has 2 nitrogen and oxygen atoms in total. The number of nitrogens with one attached hydrogen (secondary N) is 1. The van der Waals surface area contributed by atoms with Crippen molar-refractivity contribution in [3.05, 3.63) is 44.1 Å². The van der Waals surface area contributed by atoms with Crippen LogP contribution in [0.25, 0.3) is 0 Å². The first-order chi connectivity index (χ1) is 9.68. The van der Waals surface area contributed by atoms with Gasteiger partial charge in [0.2, 0.25) is 0 Å². The van der Waals surface area contributed by atoms with Crippen LogP contribution in [0.4, 0.5) is 10.1 Å². The van der Waals surface area contributed by atoms with E-state index in [-0.39, 0.29) is 17.3 Å². The van der Waals surface area contributed by atoms with Gasteiger partial charge in [0.25, 0.3) is 0 Å². The van der Waals surface area contributed by atoms with E-state index in [2.05, 4.69) is 53.9 Å². The third kappa shape index (κ3) is 3.83. The molecule has 5 heteroatoms. The van der Waals surface area contributed by atoms with Gasteiger partial charge in [-0.15, -0.1) is 11.3 Å². The number of rotatable bonds is 3. The van der Waals surface area contributed by atoms with E-state index in [9.17, 15) is 4.39 Å². The summed E-state index contributed by atoms with van der Waals surface area (Å²) in [4.78, 5) is 5.87. The summed E-state index contributed by atoms with van der Waals surface area (Å²) in [6, 6.07) is 5.18. The highest BCUT2D eigenvalue weighted by atomic mass is 79.9. The van der Waals surface area contributed by atoms with Crippen LogP contribution in [0.2, 0.25) is 0 Å². The molecule has 1 aromatic carbocycles. The molecule has 0 aliphatic rings. The van der Waals surface area contributed by atoms with Crippen molar-refractivity contribution in [2.45, 2.75) is 46.1 Å². The van der Waals surface area contributed by atoms with Crippen molar-refractivity contribution in [2.24, 2.45) is 0 Å². The average Bonchev–Trinajstić information content (AvgIpc) is 2.76. The van der Waals surface area contributed by atoms with Gasteiger partial charge in [-0.05, 0) is 48.0 Å². The second-order valence-corrected chi connectivity index (χ2v) is 8.10. The van der Waals surface area contributed by atoms with E-state index in [1.54, 1.807) is 17.4 Å². The first-order valence-electron chi connectivity index (χ1n) is 6.88. The molecule has 1 aromatic heterocycles. The van der Waals surface area contributed by atoms with E-state index >= 15 is 0 Å². The normalized spacial score (nSPS) is 13.3. The van der Waals surface area contributed by atoms with Gasteiger partial charge in [-0.2, -0.15) is 0 Å². The average molecular weight is 371 g/mol. The number of aryl methyl sites for hydroxylation is 1. The molecule has 0 fully saturated rings.